The minimum absolute atomic E-state index is 0.00135. The van der Waals surface area contributed by atoms with Crippen molar-refractivity contribution in [1.82, 2.24) is 9.71 Å². The van der Waals surface area contributed by atoms with E-state index >= 15 is 0 Å². The normalized spacial score (nSPS) is 12.7. The molecule has 0 unspecified atom stereocenters. The first kappa shape index (κ1) is 15.4. The second-order valence-electron chi connectivity index (χ2n) is 5.25. The molecule has 0 saturated heterocycles. The van der Waals surface area contributed by atoms with Crippen LogP contribution in [0.25, 0.3) is 0 Å². The molecule has 0 spiro atoms. The van der Waals surface area contributed by atoms with Gasteiger partial charge in [-0.3, -0.25) is 0 Å². The van der Waals surface area contributed by atoms with Crippen LogP contribution in [0.2, 0.25) is 0 Å². The van der Waals surface area contributed by atoms with Gasteiger partial charge in [-0.15, -0.1) is 0 Å². The van der Waals surface area contributed by atoms with Crippen LogP contribution in [0.4, 0.5) is 5.82 Å². The Balaban J connectivity index is 2.84. The Labute approximate surface area is 116 Å². The van der Waals surface area contributed by atoms with E-state index in [1.54, 1.807) is 0 Å². The Kier molecular flexibility index (Phi) is 4.74. The van der Waals surface area contributed by atoms with E-state index in [1.807, 2.05) is 0 Å². The van der Waals surface area contributed by atoms with Crippen molar-refractivity contribution in [3.8, 4) is 0 Å². The topological polar surface area (TPSA) is 85.1 Å². The summed E-state index contributed by atoms with van der Waals surface area (Å²) in [6, 6.07) is 1.45. The maximum Gasteiger partial charge on any atom is 0.244 e. The van der Waals surface area contributed by atoms with Crippen LogP contribution in [0.3, 0.4) is 0 Å². The van der Waals surface area contributed by atoms with Crippen LogP contribution in [-0.4, -0.2) is 19.9 Å². The average molecular weight is 336 g/mol. The van der Waals surface area contributed by atoms with Gasteiger partial charge in [-0.2, -0.15) is 0 Å². The van der Waals surface area contributed by atoms with E-state index in [4.69, 9.17) is 5.73 Å². The van der Waals surface area contributed by atoms with Gasteiger partial charge >= 0.3 is 0 Å². The highest BCUT2D eigenvalue weighted by atomic mass is 79.9. The number of hydrogen-bond acceptors (Lipinski definition) is 4. The summed E-state index contributed by atoms with van der Waals surface area (Å²) in [5.41, 5.74) is 5.65. The zero-order valence-corrected chi connectivity index (χ0v) is 13.1. The van der Waals surface area contributed by atoms with Gasteiger partial charge in [0.1, 0.15) is 10.7 Å². The van der Waals surface area contributed by atoms with Gasteiger partial charge in [-0.25, -0.2) is 18.1 Å². The smallest absolute Gasteiger partial charge is 0.244 e. The molecule has 0 aliphatic heterocycles. The van der Waals surface area contributed by atoms with Crippen molar-refractivity contribution in [2.45, 2.75) is 32.1 Å². The summed E-state index contributed by atoms with van der Waals surface area (Å²) >= 11 is 3.18. The lowest BCUT2D eigenvalue weighted by Crippen LogP contribution is -2.28. The number of halogens is 1. The Morgan fingerprint density at radius 3 is 2.61 bits per heavy atom. The van der Waals surface area contributed by atoms with Gasteiger partial charge in [-0.05, 0) is 33.8 Å². The summed E-state index contributed by atoms with van der Waals surface area (Å²) in [5, 5.41) is 0. The zero-order valence-electron chi connectivity index (χ0n) is 10.7. The molecule has 0 radical (unpaired) electrons. The minimum atomic E-state index is -3.60. The number of rotatable bonds is 4. The van der Waals surface area contributed by atoms with Crippen molar-refractivity contribution in [3.63, 3.8) is 0 Å². The quantitative estimate of drug-likeness (QED) is 0.882. The van der Waals surface area contributed by atoms with E-state index in [1.165, 1.54) is 12.3 Å². The highest BCUT2D eigenvalue weighted by molar-refractivity contribution is 9.10. The molecule has 3 N–H and O–H groups in total. The molecule has 1 heterocycles. The van der Waals surface area contributed by atoms with Crippen molar-refractivity contribution < 1.29 is 8.42 Å². The largest absolute Gasteiger partial charge is 0.383 e. The van der Waals surface area contributed by atoms with Gasteiger partial charge in [0.2, 0.25) is 10.0 Å². The van der Waals surface area contributed by atoms with Crippen LogP contribution < -0.4 is 10.5 Å². The van der Waals surface area contributed by atoms with E-state index in [0.29, 0.717) is 11.0 Å². The third-order valence-electron chi connectivity index (χ3n) is 2.30. The van der Waals surface area contributed by atoms with Crippen molar-refractivity contribution in [2.24, 2.45) is 5.41 Å². The Hall–Kier alpha value is -0.660. The number of pyridine rings is 1. The number of anilines is 1. The van der Waals surface area contributed by atoms with Gasteiger partial charge < -0.3 is 5.73 Å². The summed E-state index contributed by atoms with van der Waals surface area (Å²) in [7, 11) is -3.60. The predicted molar refractivity (Wildman–Crippen MR) is 75.6 cm³/mol. The fourth-order valence-corrected chi connectivity index (χ4v) is 2.90. The molecule has 0 aromatic carbocycles. The number of hydrogen-bond donors (Lipinski definition) is 2. The number of sulfonamides is 1. The second-order valence-corrected chi connectivity index (χ2v) is 7.90. The fourth-order valence-electron chi connectivity index (χ4n) is 1.28. The van der Waals surface area contributed by atoms with Crippen LogP contribution in [0.1, 0.15) is 27.2 Å². The Bertz CT molecular complexity index is 524. The highest BCUT2D eigenvalue weighted by Gasteiger charge is 2.19. The molecule has 0 amide bonds. The standard InChI is InChI=1S/C11H18BrN3O2S/c1-11(2,3)4-5-15-18(16,17)9-6-8(12)7-14-10(9)13/h6-7,15H,4-5H2,1-3H3,(H2,13,14). The molecular formula is C11H18BrN3O2S. The van der Waals surface area contributed by atoms with Gasteiger partial charge in [-0.1, -0.05) is 20.8 Å². The van der Waals surface area contributed by atoms with Crippen LogP contribution in [-0.2, 0) is 10.0 Å². The predicted octanol–water partition coefficient (Wildman–Crippen LogP) is 2.14. The maximum atomic E-state index is 12.0. The van der Waals surface area contributed by atoms with E-state index < -0.39 is 10.0 Å². The highest BCUT2D eigenvalue weighted by Crippen LogP contribution is 2.21. The summed E-state index contributed by atoms with van der Waals surface area (Å²) in [5.74, 6) is 0.00135. The first-order valence-corrected chi connectivity index (χ1v) is 7.80. The fraction of sp³-hybridized carbons (Fsp3) is 0.545. The van der Waals surface area contributed by atoms with Crippen LogP contribution in [0, 0.1) is 5.41 Å². The maximum absolute atomic E-state index is 12.0. The molecule has 1 aromatic rings. The first-order valence-electron chi connectivity index (χ1n) is 5.52. The molecule has 0 bridgehead atoms. The van der Waals surface area contributed by atoms with Gasteiger partial charge in [0.05, 0.1) is 0 Å². The summed E-state index contributed by atoms with van der Waals surface area (Å²) in [6.45, 7) is 6.53. The van der Waals surface area contributed by atoms with Gasteiger partial charge in [0.15, 0.2) is 0 Å². The van der Waals surface area contributed by atoms with E-state index in [2.05, 4.69) is 46.4 Å². The second kappa shape index (κ2) is 5.54. The number of nitrogens with one attached hydrogen (secondary N) is 1. The molecule has 7 heteroatoms. The summed E-state index contributed by atoms with van der Waals surface area (Å²) < 4.78 is 27.2. The molecule has 0 atom stereocenters. The van der Waals surface area contributed by atoms with Crippen molar-refractivity contribution >= 4 is 31.8 Å². The zero-order chi connectivity index (χ0) is 14.0. The first-order chi connectivity index (χ1) is 8.12. The summed E-state index contributed by atoms with van der Waals surface area (Å²) in [6.07, 6.45) is 2.21. The number of aromatic nitrogens is 1. The minimum Gasteiger partial charge on any atom is -0.383 e. The molecule has 1 aromatic heterocycles. The molecule has 102 valence electrons. The summed E-state index contributed by atoms with van der Waals surface area (Å²) in [4.78, 5) is 3.82. The van der Waals surface area contributed by atoms with E-state index in [-0.39, 0.29) is 16.1 Å². The van der Waals surface area contributed by atoms with Crippen molar-refractivity contribution in [1.29, 1.82) is 0 Å². The SMILES string of the molecule is CC(C)(C)CCNS(=O)(=O)c1cc(Br)cnc1N. The van der Waals surface area contributed by atoms with Gasteiger partial charge in [0.25, 0.3) is 0 Å². The molecule has 0 saturated carbocycles. The molecule has 18 heavy (non-hydrogen) atoms. The average Bonchev–Trinajstić information content (AvgIpc) is 2.19. The number of nitrogens with zero attached hydrogens (tertiary/aromatic N) is 1. The Morgan fingerprint density at radius 2 is 2.06 bits per heavy atom. The van der Waals surface area contributed by atoms with Crippen LogP contribution >= 0.6 is 15.9 Å². The molecule has 0 aliphatic carbocycles. The van der Waals surface area contributed by atoms with E-state index in [0.717, 1.165) is 6.42 Å². The number of nitrogen functional groups attached to an aromatic ring is 1. The lowest BCUT2D eigenvalue weighted by Gasteiger charge is -2.18. The monoisotopic (exact) mass is 335 g/mol. The number of nitrogens with two attached hydrogens (primary N) is 1. The molecule has 5 nitrogen and oxygen atoms in total. The lowest BCUT2D eigenvalue weighted by molar-refractivity contribution is 0.378. The molecule has 1 rings (SSSR count). The molecular weight excluding hydrogens is 318 g/mol. The van der Waals surface area contributed by atoms with Crippen molar-refractivity contribution in [3.05, 3.63) is 16.7 Å². The third kappa shape index (κ3) is 4.55. The third-order valence-corrected chi connectivity index (χ3v) is 4.23. The Morgan fingerprint density at radius 1 is 1.44 bits per heavy atom. The van der Waals surface area contributed by atoms with Gasteiger partial charge in [0, 0.05) is 17.2 Å². The lowest BCUT2D eigenvalue weighted by atomic mass is 9.93. The van der Waals surface area contributed by atoms with Crippen molar-refractivity contribution in [2.75, 3.05) is 12.3 Å². The molecule has 0 aliphatic rings. The molecule has 0 fully saturated rings. The van der Waals surface area contributed by atoms with E-state index in [9.17, 15) is 8.42 Å². The van der Waals surface area contributed by atoms with Crippen LogP contribution in [0.5, 0.6) is 0 Å². The van der Waals surface area contributed by atoms with Crippen LogP contribution in [0.15, 0.2) is 21.6 Å².